The predicted molar refractivity (Wildman–Crippen MR) is 109 cm³/mol. The van der Waals surface area contributed by atoms with Gasteiger partial charge in [-0.1, -0.05) is 12.6 Å². The number of hydrogen-bond donors (Lipinski definition) is 2. The molecule has 0 aliphatic carbocycles. The maximum Gasteiger partial charge on any atom is 0.243 e. The van der Waals surface area contributed by atoms with Crippen LogP contribution in [0.5, 0.6) is 0 Å². The number of carbonyl (C=O) groups excluding carboxylic acids is 1. The van der Waals surface area contributed by atoms with Crippen LogP contribution in [0.3, 0.4) is 0 Å². The van der Waals surface area contributed by atoms with Crippen molar-refractivity contribution >= 4 is 50.2 Å². The molecule has 0 radical (unpaired) electrons. The molecule has 4 rings (SSSR count). The molecule has 1 saturated heterocycles. The van der Waals surface area contributed by atoms with E-state index in [4.69, 9.17) is 0 Å². The van der Waals surface area contributed by atoms with E-state index in [0.29, 0.717) is 34.4 Å². The van der Waals surface area contributed by atoms with Gasteiger partial charge in [-0.15, -0.1) is 0 Å². The Balaban J connectivity index is 1.59. The summed E-state index contributed by atoms with van der Waals surface area (Å²) in [6, 6.07) is 8.75. The van der Waals surface area contributed by atoms with E-state index < -0.39 is 5.82 Å². The molecule has 2 N–H and O–H groups in total. The fourth-order valence-corrected chi connectivity index (χ4v) is 3.31. The molecular weight excluding hydrogens is 427 g/mol. The summed E-state index contributed by atoms with van der Waals surface area (Å²) in [6.07, 6.45) is 2.67. The summed E-state index contributed by atoms with van der Waals surface area (Å²) >= 11 is 3.18. The van der Waals surface area contributed by atoms with Crippen molar-refractivity contribution in [2.45, 2.75) is 6.04 Å². The van der Waals surface area contributed by atoms with Gasteiger partial charge < -0.3 is 15.5 Å². The molecule has 7 nitrogen and oxygen atoms in total. The average Bonchev–Trinajstić information content (AvgIpc) is 2.67. The van der Waals surface area contributed by atoms with Crippen LogP contribution < -0.4 is 15.5 Å². The minimum absolute atomic E-state index is 0.0587. The molecule has 0 unspecified atom stereocenters. The van der Waals surface area contributed by atoms with Crippen molar-refractivity contribution in [2.24, 2.45) is 0 Å². The van der Waals surface area contributed by atoms with Gasteiger partial charge in [0.15, 0.2) is 11.6 Å². The normalized spacial score (nSPS) is 13.9. The lowest BCUT2D eigenvalue weighted by molar-refractivity contribution is -0.117. The Labute approximate surface area is 168 Å². The third-order valence-electron chi connectivity index (χ3n) is 4.41. The Morgan fingerprint density at radius 2 is 2.11 bits per heavy atom. The number of benzene rings is 1. The maximum atomic E-state index is 14.3. The Morgan fingerprint density at radius 3 is 2.89 bits per heavy atom. The van der Waals surface area contributed by atoms with Crippen LogP contribution in [0.1, 0.15) is 0 Å². The molecule has 0 spiro atoms. The van der Waals surface area contributed by atoms with Crippen LogP contribution >= 0.6 is 15.9 Å². The van der Waals surface area contributed by atoms with Gasteiger partial charge in [0, 0.05) is 13.1 Å². The molecule has 3 aromatic rings. The van der Waals surface area contributed by atoms with Gasteiger partial charge in [-0.25, -0.2) is 19.3 Å². The number of carbonyl (C=O) groups is 1. The van der Waals surface area contributed by atoms with Crippen LogP contribution in [0.25, 0.3) is 11.0 Å². The first kappa shape index (κ1) is 18.3. The van der Waals surface area contributed by atoms with E-state index in [1.807, 2.05) is 17.0 Å². The van der Waals surface area contributed by atoms with Crippen molar-refractivity contribution in [3.05, 3.63) is 59.6 Å². The molecule has 9 heteroatoms. The second-order valence-corrected chi connectivity index (χ2v) is 7.15. The van der Waals surface area contributed by atoms with Crippen LogP contribution in [0.15, 0.2) is 53.8 Å². The highest BCUT2D eigenvalue weighted by molar-refractivity contribution is 9.10. The largest absolute Gasteiger partial charge is 0.352 e. The molecule has 0 saturated carbocycles. The summed E-state index contributed by atoms with van der Waals surface area (Å²) in [5.41, 5.74) is 1.48. The second-order valence-electron chi connectivity index (χ2n) is 6.30. The zero-order chi connectivity index (χ0) is 19.7. The number of aromatic nitrogens is 3. The molecule has 0 bridgehead atoms. The zero-order valence-corrected chi connectivity index (χ0v) is 16.3. The first-order chi connectivity index (χ1) is 13.5. The van der Waals surface area contributed by atoms with Gasteiger partial charge in [-0.05, 0) is 46.3 Å². The molecule has 1 amide bonds. The lowest BCUT2D eigenvalue weighted by Gasteiger charge is -2.40. The second kappa shape index (κ2) is 7.51. The Bertz CT molecular complexity index is 1070. The highest BCUT2D eigenvalue weighted by Gasteiger charge is 2.28. The first-order valence-electron chi connectivity index (χ1n) is 8.56. The van der Waals surface area contributed by atoms with E-state index >= 15 is 0 Å². The quantitative estimate of drug-likeness (QED) is 0.590. The van der Waals surface area contributed by atoms with Crippen LogP contribution in [-0.2, 0) is 4.79 Å². The highest BCUT2D eigenvalue weighted by Crippen LogP contribution is 2.29. The first-order valence-corrected chi connectivity index (χ1v) is 9.35. The lowest BCUT2D eigenvalue weighted by Crippen LogP contribution is -2.59. The van der Waals surface area contributed by atoms with Crippen molar-refractivity contribution in [1.29, 1.82) is 0 Å². The van der Waals surface area contributed by atoms with Gasteiger partial charge in [0.1, 0.15) is 17.7 Å². The molecule has 0 atom stereocenters. The smallest absolute Gasteiger partial charge is 0.243 e. The summed E-state index contributed by atoms with van der Waals surface area (Å²) < 4.78 is 14.7. The van der Waals surface area contributed by atoms with E-state index in [2.05, 4.69) is 48.1 Å². The van der Waals surface area contributed by atoms with E-state index in [1.54, 1.807) is 18.2 Å². The summed E-state index contributed by atoms with van der Waals surface area (Å²) in [5.74, 6) is 0.561. The molecule has 1 aliphatic rings. The van der Waals surface area contributed by atoms with E-state index in [-0.39, 0.29) is 17.6 Å². The summed E-state index contributed by atoms with van der Waals surface area (Å²) in [4.78, 5) is 26.5. The number of pyridine rings is 1. The fourth-order valence-electron chi connectivity index (χ4n) is 2.94. The summed E-state index contributed by atoms with van der Waals surface area (Å²) in [6.45, 7) is 4.75. The molecule has 1 aliphatic heterocycles. The number of rotatable bonds is 5. The molecule has 2 aromatic heterocycles. The number of nitrogens with one attached hydrogen (secondary N) is 2. The Hall–Kier alpha value is -3.07. The van der Waals surface area contributed by atoms with Gasteiger partial charge >= 0.3 is 0 Å². The predicted octanol–water partition coefficient (Wildman–Crippen LogP) is 3.16. The van der Waals surface area contributed by atoms with Crippen molar-refractivity contribution in [3.8, 4) is 0 Å². The van der Waals surface area contributed by atoms with Crippen LogP contribution in [0.2, 0.25) is 0 Å². The summed E-state index contributed by atoms with van der Waals surface area (Å²) in [5, 5.41) is 5.84. The number of amides is 1. The van der Waals surface area contributed by atoms with Gasteiger partial charge in [0.25, 0.3) is 0 Å². The van der Waals surface area contributed by atoms with Gasteiger partial charge in [-0.3, -0.25) is 4.79 Å². The molecule has 1 aromatic carbocycles. The lowest BCUT2D eigenvalue weighted by atomic mass is 10.1. The van der Waals surface area contributed by atoms with Gasteiger partial charge in [0.05, 0.1) is 21.7 Å². The summed E-state index contributed by atoms with van der Waals surface area (Å²) in [7, 11) is 0. The van der Waals surface area contributed by atoms with Crippen molar-refractivity contribution in [1.82, 2.24) is 20.3 Å². The van der Waals surface area contributed by atoms with Crippen molar-refractivity contribution in [3.63, 3.8) is 0 Å². The minimum Gasteiger partial charge on any atom is -0.352 e. The van der Waals surface area contributed by atoms with E-state index in [0.717, 1.165) is 5.82 Å². The maximum absolute atomic E-state index is 14.3. The standard InChI is InChI=1S/C19H16BrFN6O/c1-2-16(28)24-11-8-27(9-11)15-7-6-14-18(26-15)19(23-10-22-14)25-13-5-3-4-12(20)17(13)21/h2-7,10-11H,1,8-9H2,(H,24,28)(H,22,23,25). The fraction of sp³-hybridized carbons (Fsp3) is 0.158. The molecule has 3 heterocycles. The monoisotopic (exact) mass is 442 g/mol. The third kappa shape index (κ3) is 3.53. The van der Waals surface area contributed by atoms with Crippen molar-refractivity contribution < 1.29 is 9.18 Å². The van der Waals surface area contributed by atoms with Crippen LogP contribution in [-0.4, -0.2) is 40.0 Å². The number of anilines is 3. The molecule has 1 fully saturated rings. The number of hydrogen-bond acceptors (Lipinski definition) is 6. The topological polar surface area (TPSA) is 83.0 Å². The van der Waals surface area contributed by atoms with Crippen LogP contribution in [0.4, 0.5) is 21.7 Å². The van der Waals surface area contributed by atoms with Crippen LogP contribution in [0, 0.1) is 5.82 Å². The number of nitrogens with zero attached hydrogens (tertiary/aromatic N) is 4. The van der Waals surface area contributed by atoms with Gasteiger partial charge in [-0.2, -0.15) is 0 Å². The number of fused-ring (bicyclic) bond motifs is 1. The van der Waals surface area contributed by atoms with E-state index in [9.17, 15) is 9.18 Å². The Kier molecular flexibility index (Phi) is 4.91. The minimum atomic E-state index is -0.408. The molecular formula is C19H16BrFN6O. The average molecular weight is 443 g/mol. The van der Waals surface area contributed by atoms with Gasteiger partial charge in [0.2, 0.25) is 5.91 Å². The number of halogens is 2. The highest BCUT2D eigenvalue weighted by atomic mass is 79.9. The van der Waals surface area contributed by atoms with E-state index in [1.165, 1.54) is 12.4 Å². The SMILES string of the molecule is C=CC(=O)NC1CN(c2ccc3ncnc(Nc4cccc(Br)c4F)c3n2)C1. The third-order valence-corrected chi connectivity index (χ3v) is 5.02. The molecule has 142 valence electrons. The van der Waals surface area contributed by atoms with Crippen molar-refractivity contribution in [2.75, 3.05) is 23.3 Å². The zero-order valence-electron chi connectivity index (χ0n) is 14.7. The molecule has 28 heavy (non-hydrogen) atoms. The Morgan fingerprint density at radius 1 is 1.29 bits per heavy atom.